The molecule has 4 amide bonds. The van der Waals surface area contributed by atoms with Crippen molar-refractivity contribution in [2.45, 2.75) is 19.3 Å². The number of carbonyl (C=O) groups excluding carboxylic acids is 5. The molecular formula is C42H44N12O7. The van der Waals surface area contributed by atoms with Gasteiger partial charge in [0.05, 0.1) is 48.1 Å². The Morgan fingerprint density at radius 1 is 0.869 bits per heavy atom. The lowest BCUT2D eigenvalue weighted by Gasteiger charge is -2.18. The van der Waals surface area contributed by atoms with Crippen molar-refractivity contribution in [1.29, 1.82) is 0 Å². The van der Waals surface area contributed by atoms with Crippen LogP contribution >= 0.6 is 0 Å². The summed E-state index contributed by atoms with van der Waals surface area (Å²) >= 11 is 0. The summed E-state index contributed by atoms with van der Waals surface area (Å²) in [6.45, 7) is 8.78. The first-order valence-electron chi connectivity index (χ1n) is 19.1. The average molecular weight is 829 g/mol. The number of anilines is 4. The number of amides is 4. The van der Waals surface area contributed by atoms with Crippen LogP contribution in [0.4, 0.5) is 28.6 Å². The molecule has 7 rings (SSSR count). The third-order valence-electron chi connectivity index (χ3n) is 10.0. The Kier molecular flexibility index (Phi) is 11.6. The van der Waals surface area contributed by atoms with Gasteiger partial charge in [-0.25, -0.2) is 4.98 Å². The minimum atomic E-state index is -0.574. The van der Waals surface area contributed by atoms with E-state index in [0.717, 1.165) is 17.4 Å². The van der Waals surface area contributed by atoms with Crippen molar-refractivity contribution >= 4 is 75.7 Å². The van der Waals surface area contributed by atoms with Crippen molar-refractivity contribution in [1.82, 2.24) is 33.4 Å². The molecule has 4 aromatic heterocycles. The van der Waals surface area contributed by atoms with Gasteiger partial charge in [-0.1, -0.05) is 12.2 Å². The Balaban J connectivity index is 0.910. The Bertz CT molecular complexity index is 2750. The van der Waals surface area contributed by atoms with Crippen molar-refractivity contribution in [2.24, 2.45) is 26.1 Å². The number of nitrogens with two attached hydrogens (primary N) is 1. The summed E-state index contributed by atoms with van der Waals surface area (Å²) in [6, 6.07) is 11.4. The number of carbonyl (C=O) groups is 5. The highest BCUT2D eigenvalue weighted by Crippen LogP contribution is 2.36. The average Bonchev–Trinajstić information content (AvgIpc) is 4.07. The van der Waals surface area contributed by atoms with Crippen molar-refractivity contribution < 1.29 is 33.4 Å². The first-order valence-corrected chi connectivity index (χ1v) is 19.1. The van der Waals surface area contributed by atoms with E-state index in [0.29, 0.717) is 64.8 Å². The standard InChI is InChI=1S/C42H44N12O7/c1-24-11-12-53(20-24)41(58)29-17-34(60-6)35(18-30(29)44-2)61-13-7-8-37(55)48-36-23-52(5)38(49-36)40(57)47-27-15-32(50(3)21-27)39(56)46-28-16-33(51(4)22-28)42(59)54-31-10-9-26(43)14-25(31)19-45-54/h9-10,14-19,21-23H,1-2,7-8,11-13,20,43H2,3-6H3,(H,46,56)(H,47,57)(H,48,55). The number of likely N-dealkylation sites (tertiary alicyclic amines) is 1. The highest BCUT2D eigenvalue weighted by Gasteiger charge is 2.26. The molecular weight excluding hydrogens is 785 g/mol. The molecule has 0 saturated carbocycles. The lowest BCUT2D eigenvalue weighted by molar-refractivity contribution is -0.116. The number of ether oxygens (including phenoxy) is 2. The second-order valence-electron chi connectivity index (χ2n) is 14.5. The van der Waals surface area contributed by atoms with E-state index in [9.17, 15) is 24.0 Å². The van der Waals surface area contributed by atoms with Crippen LogP contribution in [0.3, 0.4) is 0 Å². The van der Waals surface area contributed by atoms with Gasteiger partial charge in [0, 0.05) is 76.4 Å². The summed E-state index contributed by atoms with van der Waals surface area (Å²) in [5, 5.41) is 13.2. The van der Waals surface area contributed by atoms with Gasteiger partial charge in [-0.15, -0.1) is 0 Å². The van der Waals surface area contributed by atoms with Crippen molar-refractivity contribution in [3.8, 4) is 11.5 Å². The molecule has 5 N–H and O–H groups in total. The second-order valence-corrected chi connectivity index (χ2v) is 14.5. The smallest absolute Gasteiger partial charge is 0.295 e. The normalized spacial score (nSPS) is 12.4. The summed E-state index contributed by atoms with van der Waals surface area (Å²) in [7, 11) is 6.41. The SMILES string of the molecule is C=Nc1cc(OCCCC(=O)Nc2cn(C)c(C(=O)Nc3cc(C(=O)Nc4cc(C(=O)n5ncc6cc(N)ccc65)n(C)c4)n(C)c3)n2)c(OC)cc1C(=O)N1CCC(=C)C1. The van der Waals surface area contributed by atoms with Crippen LogP contribution in [0.15, 0.2) is 84.4 Å². The number of methoxy groups -OCH3 is 1. The van der Waals surface area contributed by atoms with Gasteiger partial charge in [0.2, 0.25) is 11.7 Å². The van der Waals surface area contributed by atoms with E-state index in [-0.39, 0.29) is 47.9 Å². The maximum Gasteiger partial charge on any atom is 0.295 e. The highest BCUT2D eigenvalue weighted by atomic mass is 16.5. The highest BCUT2D eigenvalue weighted by molar-refractivity contribution is 6.07. The molecule has 6 aromatic rings. The molecule has 314 valence electrons. The third kappa shape index (κ3) is 8.75. The van der Waals surface area contributed by atoms with E-state index in [1.165, 1.54) is 28.6 Å². The second kappa shape index (κ2) is 17.1. The van der Waals surface area contributed by atoms with Gasteiger partial charge in [0.15, 0.2) is 17.3 Å². The minimum Gasteiger partial charge on any atom is -0.493 e. The molecule has 5 heterocycles. The molecule has 1 aliphatic heterocycles. The molecule has 0 aliphatic carbocycles. The Morgan fingerprint density at radius 2 is 1.59 bits per heavy atom. The van der Waals surface area contributed by atoms with E-state index in [1.54, 1.807) is 90.2 Å². The molecule has 0 unspecified atom stereocenters. The van der Waals surface area contributed by atoms with E-state index in [1.807, 2.05) is 0 Å². The molecule has 1 aliphatic rings. The van der Waals surface area contributed by atoms with E-state index in [2.05, 4.69) is 44.3 Å². The maximum atomic E-state index is 13.4. The number of nitrogens with zero attached hydrogens (tertiary/aromatic N) is 8. The fourth-order valence-corrected chi connectivity index (χ4v) is 6.95. The van der Waals surface area contributed by atoms with Gasteiger partial charge in [0.1, 0.15) is 11.4 Å². The number of hydrogen-bond donors (Lipinski definition) is 4. The van der Waals surface area contributed by atoms with Gasteiger partial charge >= 0.3 is 0 Å². The molecule has 1 saturated heterocycles. The number of nitrogen functional groups attached to an aromatic ring is 1. The van der Waals surface area contributed by atoms with Crippen LogP contribution in [0.5, 0.6) is 11.5 Å². The van der Waals surface area contributed by atoms with E-state index >= 15 is 0 Å². The van der Waals surface area contributed by atoms with Crippen molar-refractivity contribution in [2.75, 3.05) is 48.5 Å². The fourth-order valence-electron chi connectivity index (χ4n) is 6.95. The van der Waals surface area contributed by atoms with Crippen LogP contribution in [0.2, 0.25) is 0 Å². The number of nitrogens with one attached hydrogen (secondary N) is 3. The molecule has 0 radical (unpaired) electrons. The largest absolute Gasteiger partial charge is 0.493 e. The van der Waals surface area contributed by atoms with Crippen LogP contribution in [0, 0.1) is 0 Å². The summed E-state index contributed by atoms with van der Waals surface area (Å²) in [4.78, 5) is 76.0. The van der Waals surface area contributed by atoms with Crippen molar-refractivity contribution in [3.05, 3.63) is 102 Å². The molecule has 2 aromatic carbocycles. The predicted octanol–water partition coefficient (Wildman–Crippen LogP) is 4.76. The Labute approximate surface area is 349 Å². The molecule has 0 spiro atoms. The quantitative estimate of drug-likeness (QED) is 0.0509. The Morgan fingerprint density at radius 3 is 2.30 bits per heavy atom. The molecule has 19 nitrogen and oxygen atoms in total. The lowest BCUT2D eigenvalue weighted by atomic mass is 10.1. The van der Waals surface area contributed by atoms with Gasteiger partial charge in [-0.3, -0.25) is 29.0 Å². The van der Waals surface area contributed by atoms with Gasteiger partial charge in [0.25, 0.3) is 23.6 Å². The number of hydrogen-bond acceptors (Lipinski definition) is 11. The topological polar surface area (TPSA) is 227 Å². The number of imidazole rings is 1. The van der Waals surface area contributed by atoms with Gasteiger partial charge in [-0.2, -0.15) is 9.78 Å². The molecule has 0 atom stereocenters. The summed E-state index contributed by atoms with van der Waals surface area (Å²) in [6.07, 6.45) is 7.40. The molecule has 19 heteroatoms. The monoisotopic (exact) mass is 828 g/mol. The summed E-state index contributed by atoms with van der Waals surface area (Å²) in [5.74, 6) is -1.12. The lowest BCUT2D eigenvalue weighted by Crippen LogP contribution is -2.27. The summed E-state index contributed by atoms with van der Waals surface area (Å²) in [5.41, 5.74) is 9.91. The van der Waals surface area contributed by atoms with Crippen LogP contribution in [0.25, 0.3) is 10.9 Å². The van der Waals surface area contributed by atoms with Crippen LogP contribution < -0.4 is 31.2 Å². The van der Waals surface area contributed by atoms with Crippen LogP contribution in [-0.4, -0.2) is 96.4 Å². The number of benzene rings is 2. The first-order chi connectivity index (χ1) is 29.2. The van der Waals surface area contributed by atoms with Gasteiger partial charge < -0.3 is 49.8 Å². The third-order valence-corrected chi connectivity index (χ3v) is 10.0. The molecule has 61 heavy (non-hydrogen) atoms. The zero-order valence-electron chi connectivity index (χ0n) is 34.0. The van der Waals surface area contributed by atoms with E-state index in [4.69, 9.17) is 15.2 Å². The number of aliphatic imine (C=N–C) groups is 1. The van der Waals surface area contributed by atoms with Crippen molar-refractivity contribution in [3.63, 3.8) is 0 Å². The fraction of sp³-hybridized carbons (Fsp3) is 0.238. The number of rotatable bonds is 14. The van der Waals surface area contributed by atoms with Crippen LogP contribution in [0.1, 0.15) is 61.2 Å². The zero-order valence-corrected chi connectivity index (χ0v) is 34.0. The van der Waals surface area contributed by atoms with E-state index < -0.39 is 17.7 Å². The Hall–Kier alpha value is -7.96. The maximum absolute atomic E-state index is 13.4. The van der Waals surface area contributed by atoms with Gasteiger partial charge in [-0.05, 0) is 56.0 Å². The first kappa shape index (κ1) is 41.2. The summed E-state index contributed by atoms with van der Waals surface area (Å²) < 4.78 is 17.3. The predicted molar refractivity (Wildman–Crippen MR) is 229 cm³/mol. The number of aryl methyl sites for hydroxylation is 3. The number of fused-ring (bicyclic) bond motifs is 1. The minimum absolute atomic E-state index is 0.0127. The number of aromatic nitrogens is 6. The molecule has 0 bridgehead atoms. The zero-order chi connectivity index (χ0) is 43.5. The van der Waals surface area contributed by atoms with Crippen LogP contribution in [-0.2, 0) is 25.9 Å². The molecule has 1 fully saturated rings.